The molecule has 0 N–H and O–H groups in total. The zero-order valence-electron chi connectivity index (χ0n) is 75.7. The van der Waals surface area contributed by atoms with Gasteiger partial charge < -0.3 is 31.9 Å². The van der Waals surface area contributed by atoms with Crippen LogP contribution in [-0.4, -0.2) is 90.7 Å². The number of rotatable bonds is 21. The summed E-state index contributed by atoms with van der Waals surface area (Å²) in [6.07, 6.45) is 35.8. The molecule has 25 nitrogen and oxygen atoms in total. The number of aryl methyl sites for hydroxylation is 1. The first-order valence-electron chi connectivity index (χ1n) is 46.1. The molecule has 13 heterocycles. The van der Waals surface area contributed by atoms with Gasteiger partial charge in [-0.2, -0.15) is 43.1 Å². The fourth-order valence-electron chi connectivity index (χ4n) is 16.8. The molecule has 29 heteroatoms. The molecule has 3 aliphatic rings. The molecule has 13 aromatic heterocycles. The van der Waals surface area contributed by atoms with E-state index in [1.165, 1.54) is 111 Å². The number of aromatic nitrogens is 18. The van der Waals surface area contributed by atoms with Gasteiger partial charge in [0.1, 0.15) is 11.5 Å². The Kier molecular flexibility index (Phi) is 31.5. The van der Waals surface area contributed by atoms with Crippen LogP contribution in [0, 0.1) is 18.8 Å². The van der Waals surface area contributed by atoms with Crippen LogP contribution in [0.1, 0.15) is 174 Å². The SMILES string of the molecule is CCC1CCC(c2nc(-c3ccncc3)no2)CC1.CCCCC1CCC(c2nc(-c3ccncc3)no2)CC1.Cc1sc(-c2nc(-c3ccncc3)no2)cc1-c1ccccc1.FC(F)(F)c1cc(-c2ccccc2)cc(-c2nc(-c3ccncc3)no2)c1.c1ccc(C2CCC(c3nc(-c4ccncc4)no3)CC2)cc1.c1ccc(Oc2cccc(-c3nc(-c4ccncc4)no3)c2)cc1. The maximum absolute atomic E-state index is 13.4. The predicted octanol–water partition coefficient (Wildman–Crippen LogP) is 27.9. The van der Waals surface area contributed by atoms with Crippen LogP contribution in [0.2, 0.25) is 0 Å². The summed E-state index contributed by atoms with van der Waals surface area (Å²) in [4.78, 5) is 53.0. The molecule has 137 heavy (non-hydrogen) atoms. The molecular formula is C108H99F3N18O7S. The lowest BCUT2D eigenvalue weighted by atomic mass is 9.78. The summed E-state index contributed by atoms with van der Waals surface area (Å²) in [6, 6.07) is 75.2. The van der Waals surface area contributed by atoms with Crippen molar-refractivity contribution in [1.29, 1.82) is 0 Å². The zero-order valence-corrected chi connectivity index (χ0v) is 76.6. The first kappa shape index (κ1) is 93.2. The summed E-state index contributed by atoms with van der Waals surface area (Å²) < 4.78 is 78.4. The molecule has 22 rings (SSSR count). The Morgan fingerprint density at radius 2 is 0.664 bits per heavy atom. The van der Waals surface area contributed by atoms with Crippen molar-refractivity contribution in [3.05, 3.63) is 351 Å². The Morgan fingerprint density at radius 3 is 1.09 bits per heavy atom. The number of para-hydroxylation sites is 1. The lowest BCUT2D eigenvalue weighted by Gasteiger charge is -2.26. The average molecular weight is 1850 g/mol. The van der Waals surface area contributed by atoms with E-state index in [1.807, 2.05) is 133 Å². The summed E-state index contributed by atoms with van der Waals surface area (Å²) >= 11 is 1.66. The highest BCUT2D eigenvalue weighted by atomic mass is 32.1. The van der Waals surface area contributed by atoms with E-state index in [0.29, 0.717) is 87.0 Å². The van der Waals surface area contributed by atoms with Crippen molar-refractivity contribution >= 4 is 11.3 Å². The Balaban J connectivity index is 0.000000114. The number of ether oxygens (including phenoxy) is 1. The molecule has 690 valence electrons. The minimum absolute atomic E-state index is 0.0186. The van der Waals surface area contributed by atoms with Crippen molar-refractivity contribution < 1.29 is 45.0 Å². The third-order valence-corrected chi connectivity index (χ3v) is 25.4. The summed E-state index contributed by atoms with van der Waals surface area (Å²) in [7, 11) is 0. The van der Waals surface area contributed by atoms with Gasteiger partial charge in [-0.05, 0) is 257 Å². The standard InChI is InChI=1S/C20H12F3N3O.C19H13N3O2.C19H19N3O.C18H13N3OS.C17H23N3O.C15H19N3O/c21-20(22,23)17-11-15(13-4-2-1-3-5-13)10-16(12-17)19-25-18(26-27-19)14-6-8-24-9-7-14;1-2-6-16(7-3-1)23-17-8-4-5-15(13-17)19-21-18(22-24-19)14-9-11-20-12-10-14;1-2-4-14(5-3-1)15-6-8-17(9-7-15)19-21-18(22-23-19)16-10-12-20-13-11-16;1-12-15(13-5-3-2-4-6-13)11-16(23-12)18-20-17(21-22-18)14-7-9-19-10-8-14;1-2-3-4-13-5-7-15(8-6-13)17-19-16(20-21-17)14-9-11-18-12-10-14;1-2-11-3-5-13(6-4-11)15-17-14(18-19-15)12-7-9-16-10-8-12/h1-12H;1-13H;1-5,10-13,15,17H,6-9H2;2-11H,1H3;9-13,15H,2-8H2,1H3;7-11,13H,2-6H2,1H3. The first-order valence-corrected chi connectivity index (χ1v) is 46.9. The van der Waals surface area contributed by atoms with Gasteiger partial charge in [0.05, 0.1) is 10.4 Å². The summed E-state index contributed by atoms with van der Waals surface area (Å²) in [5.74, 6) is 12.1. The van der Waals surface area contributed by atoms with Gasteiger partial charge in [0.15, 0.2) is 0 Å². The minimum Gasteiger partial charge on any atom is -0.457 e. The average Bonchev–Trinajstić information content (AvgIpc) is 1.76. The van der Waals surface area contributed by atoms with Crippen LogP contribution >= 0.6 is 11.3 Å². The summed E-state index contributed by atoms with van der Waals surface area (Å²) in [6.45, 7) is 6.65. The molecule has 19 aromatic rings. The molecular weight excluding hydrogens is 1750 g/mol. The van der Waals surface area contributed by atoms with Crippen LogP contribution in [0.25, 0.3) is 124 Å². The highest BCUT2D eigenvalue weighted by molar-refractivity contribution is 7.15. The highest BCUT2D eigenvalue weighted by Gasteiger charge is 2.34. The van der Waals surface area contributed by atoms with Crippen molar-refractivity contribution in [3.8, 4) is 136 Å². The second kappa shape index (κ2) is 46.3. The fraction of sp³-hybridized carbons (Fsp3) is 0.241. The lowest BCUT2D eigenvalue weighted by Crippen LogP contribution is -2.13. The number of hydrogen-bond donors (Lipinski definition) is 0. The second-order valence-corrected chi connectivity index (χ2v) is 34.8. The molecule has 0 saturated heterocycles. The molecule has 0 spiro atoms. The third-order valence-electron chi connectivity index (χ3n) is 24.4. The van der Waals surface area contributed by atoms with Crippen LogP contribution in [-0.2, 0) is 6.18 Å². The predicted molar refractivity (Wildman–Crippen MR) is 516 cm³/mol. The smallest absolute Gasteiger partial charge is 0.416 e. The molecule has 6 aromatic carbocycles. The number of thiophene rings is 1. The van der Waals surface area contributed by atoms with E-state index >= 15 is 0 Å². The first-order chi connectivity index (χ1) is 67.3. The molecule has 3 aliphatic carbocycles. The van der Waals surface area contributed by atoms with Crippen LogP contribution in [0.4, 0.5) is 13.2 Å². The van der Waals surface area contributed by atoms with Crippen molar-refractivity contribution in [1.82, 2.24) is 90.7 Å². The maximum atomic E-state index is 13.4. The number of hydrogen-bond acceptors (Lipinski definition) is 26. The van der Waals surface area contributed by atoms with Gasteiger partial charge in [-0.3, -0.25) is 29.9 Å². The number of nitrogens with zero attached hydrogens (tertiary/aromatic N) is 18. The van der Waals surface area contributed by atoms with Gasteiger partial charge in [0, 0.05) is 142 Å². The Bertz CT molecular complexity index is 6850. The highest BCUT2D eigenvalue weighted by Crippen LogP contribution is 2.44. The van der Waals surface area contributed by atoms with Gasteiger partial charge in [0.2, 0.25) is 52.6 Å². The molecule has 0 bridgehead atoms. The van der Waals surface area contributed by atoms with Crippen LogP contribution < -0.4 is 4.74 Å². The molecule has 0 radical (unpaired) electrons. The monoisotopic (exact) mass is 1850 g/mol. The molecule has 0 amide bonds. The number of benzene rings is 6. The second-order valence-electron chi connectivity index (χ2n) is 33.6. The molecule has 3 saturated carbocycles. The number of alkyl halides is 3. The van der Waals surface area contributed by atoms with Crippen LogP contribution in [0.3, 0.4) is 0 Å². The normalized spacial score (nSPS) is 16.2. The van der Waals surface area contributed by atoms with Gasteiger partial charge >= 0.3 is 6.18 Å². The van der Waals surface area contributed by atoms with Gasteiger partial charge in [0.25, 0.3) is 17.7 Å². The minimum atomic E-state index is -4.49. The lowest BCUT2D eigenvalue weighted by molar-refractivity contribution is -0.137. The van der Waals surface area contributed by atoms with Crippen LogP contribution in [0.15, 0.2) is 344 Å². The largest absolute Gasteiger partial charge is 0.457 e. The van der Waals surface area contributed by atoms with E-state index in [-0.39, 0.29) is 17.3 Å². The van der Waals surface area contributed by atoms with E-state index in [4.69, 9.17) is 31.9 Å². The molecule has 3 fully saturated rings. The number of halogens is 3. The van der Waals surface area contributed by atoms with E-state index in [0.717, 1.165) is 98.5 Å². The zero-order chi connectivity index (χ0) is 93.8. The quantitative estimate of drug-likeness (QED) is 0.0645. The third kappa shape index (κ3) is 25.3. The Morgan fingerprint density at radius 1 is 0.314 bits per heavy atom. The fourth-order valence-corrected chi connectivity index (χ4v) is 17.8. The molecule has 0 atom stereocenters. The van der Waals surface area contributed by atoms with Crippen molar-refractivity contribution in [3.63, 3.8) is 0 Å². The van der Waals surface area contributed by atoms with E-state index in [1.54, 1.807) is 134 Å². The number of unbranched alkanes of at least 4 members (excludes halogenated alkanes) is 1. The Hall–Kier alpha value is -15.7. The number of pyridine rings is 6. The van der Waals surface area contributed by atoms with E-state index < -0.39 is 11.7 Å². The van der Waals surface area contributed by atoms with Crippen molar-refractivity contribution in [2.75, 3.05) is 0 Å². The summed E-state index contributed by atoms with van der Waals surface area (Å²) in [5, 5.41) is 24.3. The van der Waals surface area contributed by atoms with Crippen LogP contribution in [0.5, 0.6) is 11.5 Å². The van der Waals surface area contributed by atoms with Gasteiger partial charge in [-0.25, -0.2) is 0 Å². The van der Waals surface area contributed by atoms with E-state index in [9.17, 15) is 13.2 Å². The van der Waals surface area contributed by atoms with E-state index in [2.05, 4.69) is 160 Å². The molecule has 0 aliphatic heterocycles. The maximum Gasteiger partial charge on any atom is 0.416 e. The Labute approximate surface area is 794 Å². The van der Waals surface area contributed by atoms with Crippen molar-refractivity contribution in [2.24, 2.45) is 11.8 Å². The topological polar surface area (TPSA) is 320 Å². The van der Waals surface area contributed by atoms with Gasteiger partial charge in [-0.15, -0.1) is 11.3 Å². The summed E-state index contributed by atoms with van der Waals surface area (Å²) in [5.41, 5.74) is 10.5. The molecule has 0 unspecified atom stereocenters. The van der Waals surface area contributed by atoms with Crippen molar-refractivity contribution in [2.45, 2.75) is 153 Å². The van der Waals surface area contributed by atoms with Gasteiger partial charge in [-0.1, -0.05) is 186 Å².